The second kappa shape index (κ2) is 6.47. The molecule has 2 N–H and O–H groups in total. The fourth-order valence-corrected chi connectivity index (χ4v) is 2.86. The molecule has 2 aromatic rings. The first-order chi connectivity index (χ1) is 11.5. The molecule has 0 fully saturated rings. The largest absolute Gasteiger partial charge is 0.456 e. The van der Waals surface area contributed by atoms with E-state index in [1.54, 1.807) is 12.1 Å². The number of fused-ring (bicyclic) bond motifs is 1. The molecule has 0 unspecified atom stereocenters. The topological polar surface area (TPSA) is 71.3 Å². The number of amides is 2. The number of halogens is 1. The van der Waals surface area contributed by atoms with Gasteiger partial charge in [0.1, 0.15) is 11.6 Å². The Morgan fingerprint density at radius 3 is 2.71 bits per heavy atom. The predicted octanol–water partition coefficient (Wildman–Crippen LogP) is 3.68. The molecule has 1 aromatic carbocycles. The third kappa shape index (κ3) is 3.04. The van der Waals surface area contributed by atoms with Gasteiger partial charge in [-0.15, -0.1) is 0 Å². The maximum absolute atomic E-state index is 14.2. The molecule has 2 heterocycles. The van der Waals surface area contributed by atoms with Crippen molar-refractivity contribution in [2.24, 2.45) is 0 Å². The van der Waals surface area contributed by atoms with Crippen LogP contribution < -0.4 is 10.6 Å². The number of furan rings is 1. The smallest absolute Gasteiger partial charge is 0.291 e. The van der Waals surface area contributed by atoms with E-state index in [1.807, 2.05) is 13.8 Å². The third-order valence-corrected chi connectivity index (χ3v) is 4.16. The summed E-state index contributed by atoms with van der Waals surface area (Å²) in [5.74, 6) is -0.260. The molecule has 0 bridgehead atoms. The average Bonchev–Trinajstić information content (AvgIpc) is 2.99. The van der Waals surface area contributed by atoms with Crippen LogP contribution in [0.3, 0.4) is 0 Å². The molecule has 0 atom stereocenters. The van der Waals surface area contributed by atoms with Crippen molar-refractivity contribution >= 4 is 23.2 Å². The number of hydrogen-bond acceptors (Lipinski definition) is 3. The second-order valence-corrected chi connectivity index (χ2v) is 5.76. The zero-order chi connectivity index (χ0) is 17.3. The minimum atomic E-state index is -0.595. The number of anilines is 2. The van der Waals surface area contributed by atoms with Crippen LogP contribution in [0.5, 0.6) is 0 Å². The lowest BCUT2D eigenvalue weighted by Gasteiger charge is -2.18. The van der Waals surface area contributed by atoms with Crippen LogP contribution in [-0.4, -0.2) is 11.8 Å². The Morgan fingerprint density at radius 2 is 2.04 bits per heavy atom. The summed E-state index contributed by atoms with van der Waals surface area (Å²) in [4.78, 5) is 23.7. The summed E-state index contributed by atoms with van der Waals surface area (Å²) in [6, 6.07) is 4.50. The lowest BCUT2D eigenvalue weighted by Crippen LogP contribution is -2.20. The first kappa shape index (κ1) is 16.2. The van der Waals surface area contributed by atoms with Gasteiger partial charge in [0.15, 0.2) is 5.76 Å². The van der Waals surface area contributed by atoms with Crippen LogP contribution in [0.1, 0.15) is 47.7 Å². The molecule has 3 rings (SSSR count). The van der Waals surface area contributed by atoms with Gasteiger partial charge in [-0.3, -0.25) is 9.59 Å². The van der Waals surface area contributed by atoms with Crippen molar-refractivity contribution in [1.29, 1.82) is 0 Å². The summed E-state index contributed by atoms with van der Waals surface area (Å²) in [5.41, 5.74) is 2.33. The Bertz CT molecular complexity index is 789. The van der Waals surface area contributed by atoms with E-state index in [-0.39, 0.29) is 17.4 Å². The van der Waals surface area contributed by atoms with Crippen LogP contribution in [0.15, 0.2) is 22.6 Å². The number of hydrogen-bond donors (Lipinski definition) is 2. The molecule has 0 radical (unpaired) electrons. The van der Waals surface area contributed by atoms with Gasteiger partial charge in [0.05, 0.1) is 5.69 Å². The molecule has 1 aromatic heterocycles. The molecule has 1 aliphatic heterocycles. The first-order valence-corrected chi connectivity index (χ1v) is 8.07. The number of benzene rings is 1. The van der Waals surface area contributed by atoms with Crippen LogP contribution >= 0.6 is 0 Å². The van der Waals surface area contributed by atoms with Crippen LogP contribution in [0.4, 0.5) is 15.8 Å². The van der Waals surface area contributed by atoms with Gasteiger partial charge in [0, 0.05) is 18.5 Å². The van der Waals surface area contributed by atoms with Crippen molar-refractivity contribution in [3.8, 4) is 0 Å². The highest BCUT2D eigenvalue weighted by Crippen LogP contribution is 2.29. The highest BCUT2D eigenvalue weighted by molar-refractivity contribution is 6.03. The van der Waals surface area contributed by atoms with E-state index in [9.17, 15) is 14.0 Å². The summed E-state index contributed by atoms with van der Waals surface area (Å²) in [7, 11) is 0. The number of carbonyl (C=O) groups excluding carboxylic acids is 2. The molecule has 0 saturated heterocycles. The van der Waals surface area contributed by atoms with Crippen molar-refractivity contribution in [2.45, 2.75) is 39.5 Å². The molecule has 126 valence electrons. The van der Waals surface area contributed by atoms with Gasteiger partial charge in [-0.25, -0.2) is 4.39 Å². The van der Waals surface area contributed by atoms with Gasteiger partial charge in [-0.2, -0.15) is 0 Å². The second-order valence-electron chi connectivity index (χ2n) is 5.76. The highest BCUT2D eigenvalue weighted by Gasteiger charge is 2.20. The molecule has 0 spiro atoms. The Labute approximate surface area is 139 Å². The molecule has 6 heteroatoms. The monoisotopic (exact) mass is 330 g/mol. The summed E-state index contributed by atoms with van der Waals surface area (Å²) in [6.07, 6.45) is 2.34. The Kier molecular flexibility index (Phi) is 4.38. The standard InChI is InChI=1S/C18H19FN2O3/c1-3-10-8-16(24-15(10)4-2)18(23)21-14-7-11-5-6-17(22)20-13(11)9-12(14)19/h7-9H,3-6H2,1-2H3,(H,20,22)(H,21,23). The van der Waals surface area contributed by atoms with Crippen LogP contribution in [0.25, 0.3) is 0 Å². The number of rotatable bonds is 4. The number of aryl methyl sites for hydroxylation is 3. The highest BCUT2D eigenvalue weighted by atomic mass is 19.1. The van der Waals surface area contributed by atoms with Crippen molar-refractivity contribution < 1.29 is 18.4 Å². The minimum absolute atomic E-state index is 0.0856. The average molecular weight is 330 g/mol. The molecule has 24 heavy (non-hydrogen) atoms. The fraction of sp³-hybridized carbons (Fsp3) is 0.333. The van der Waals surface area contributed by atoms with Gasteiger partial charge >= 0.3 is 0 Å². The molecule has 0 saturated carbocycles. The lowest BCUT2D eigenvalue weighted by molar-refractivity contribution is -0.116. The van der Waals surface area contributed by atoms with Gasteiger partial charge < -0.3 is 15.1 Å². The SMILES string of the molecule is CCc1cc(C(=O)Nc2cc3c(cc2F)NC(=O)CC3)oc1CC. The molecule has 1 aliphatic rings. The predicted molar refractivity (Wildman–Crippen MR) is 88.8 cm³/mol. The first-order valence-electron chi connectivity index (χ1n) is 8.07. The zero-order valence-corrected chi connectivity index (χ0v) is 13.7. The maximum atomic E-state index is 14.2. The van der Waals surface area contributed by atoms with Gasteiger partial charge in [0.2, 0.25) is 5.91 Å². The lowest BCUT2D eigenvalue weighted by atomic mass is 10.0. The molecular formula is C18H19FN2O3. The minimum Gasteiger partial charge on any atom is -0.456 e. The van der Waals surface area contributed by atoms with Crippen molar-refractivity contribution in [3.05, 3.63) is 46.7 Å². The zero-order valence-electron chi connectivity index (χ0n) is 13.7. The molecule has 0 aliphatic carbocycles. The summed E-state index contributed by atoms with van der Waals surface area (Å²) in [6.45, 7) is 3.94. The molecule has 5 nitrogen and oxygen atoms in total. The van der Waals surface area contributed by atoms with Gasteiger partial charge in [-0.1, -0.05) is 13.8 Å². The molecular weight excluding hydrogens is 311 g/mol. The third-order valence-electron chi connectivity index (χ3n) is 4.16. The normalized spacial score (nSPS) is 13.4. The summed E-state index contributed by atoms with van der Waals surface area (Å²) >= 11 is 0. The maximum Gasteiger partial charge on any atom is 0.291 e. The number of carbonyl (C=O) groups is 2. The van der Waals surface area contributed by atoms with Crippen molar-refractivity contribution in [2.75, 3.05) is 10.6 Å². The molecule has 2 amide bonds. The van der Waals surface area contributed by atoms with Crippen LogP contribution in [0.2, 0.25) is 0 Å². The van der Waals surface area contributed by atoms with Crippen LogP contribution in [0, 0.1) is 5.82 Å². The van der Waals surface area contributed by atoms with E-state index in [0.717, 1.165) is 23.3 Å². The Balaban J connectivity index is 1.84. The Hall–Kier alpha value is -2.63. The van der Waals surface area contributed by atoms with E-state index >= 15 is 0 Å². The number of nitrogens with one attached hydrogen (secondary N) is 2. The van der Waals surface area contributed by atoms with Gasteiger partial charge in [0.25, 0.3) is 5.91 Å². The Morgan fingerprint density at radius 1 is 1.25 bits per heavy atom. The van der Waals surface area contributed by atoms with E-state index < -0.39 is 11.7 Å². The quantitative estimate of drug-likeness (QED) is 0.898. The van der Waals surface area contributed by atoms with Crippen LogP contribution in [-0.2, 0) is 24.1 Å². The van der Waals surface area contributed by atoms with E-state index in [1.165, 1.54) is 6.07 Å². The van der Waals surface area contributed by atoms with E-state index in [2.05, 4.69) is 10.6 Å². The fourth-order valence-electron chi connectivity index (χ4n) is 2.86. The van der Waals surface area contributed by atoms with E-state index in [4.69, 9.17) is 4.42 Å². The van der Waals surface area contributed by atoms with Crippen molar-refractivity contribution in [1.82, 2.24) is 0 Å². The summed E-state index contributed by atoms with van der Waals surface area (Å²) in [5, 5.41) is 5.18. The van der Waals surface area contributed by atoms with E-state index in [0.29, 0.717) is 24.9 Å². The van der Waals surface area contributed by atoms with Crippen molar-refractivity contribution in [3.63, 3.8) is 0 Å². The summed E-state index contributed by atoms with van der Waals surface area (Å²) < 4.78 is 19.8. The van der Waals surface area contributed by atoms with Gasteiger partial charge in [-0.05, 0) is 42.2 Å².